The van der Waals surface area contributed by atoms with Crippen molar-refractivity contribution in [1.29, 1.82) is 0 Å². The summed E-state index contributed by atoms with van der Waals surface area (Å²) < 4.78 is 41.0. The van der Waals surface area contributed by atoms with Gasteiger partial charge in [-0.25, -0.2) is 12.8 Å². The van der Waals surface area contributed by atoms with Crippen LogP contribution in [0.15, 0.2) is 46.7 Å². The van der Waals surface area contributed by atoms with Crippen molar-refractivity contribution in [3.63, 3.8) is 0 Å². The minimum Gasteiger partial charge on any atom is -0.371 e. The molecule has 174 valence electrons. The molecule has 0 radical (unpaired) electrons. The van der Waals surface area contributed by atoms with Crippen LogP contribution in [-0.2, 0) is 10.0 Å². The lowest BCUT2D eigenvalue weighted by Gasteiger charge is -2.25. The largest absolute Gasteiger partial charge is 0.371 e. The Morgan fingerprint density at radius 3 is 2.45 bits per heavy atom. The zero-order valence-corrected chi connectivity index (χ0v) is 20.5. The van der Waals surface area contributed by atoms with Crippen LogP contribution in [-0.4, -0.2) is 27.4 Å². The predicted molar refractivity (Wildman–Crippen MR) is 132 cm³/mol. The summed E-state index contributed by atoms with van der Waals surface area (Å²) in [4.78, 5) is 15.5. The van der Waals surface area contributed by atoms with E-state index in [-0.39, 0.29) is 15.5 Å². The van der Waals surface area contributed by atoms with Gasteiger partial charge < -0.3 is 10.2 Å². The number of thiophene rings is 1. The van der Waals surface area contributed by atoms with Gasteiger partial charge in [-0.15, -0.1) is 11.3 Å². The number of amides is 1. The summed E-state index contributed by atoms with van der Waals surface area (Å²) >= 11 is 7.59. The second kappa shape index (κ2) is 9.32. The Balaban J connectivity index is 1.60. The highest BCUT2D eigenvalue weighted by molar-refractivity contribution is 7.92. The molecule has 0 atom stereocenters. The Hall–Kier alpha value is -2.62. The molecule has 0 saturated carbocycles. The zero-order valence-electron chi connectivity index (χ0n) is 18.1. The first-order valence-corrected chi connectivity index (χ1v) is 13.1. The van der Waals surface area contributed by atoms with E-state index in [0.29, 0.717) is 10.7 Å². The first-order chi connectivity index (χ1) is 15.7. The molecule has 4 rings (SSSR count). The molecule has 33 heavy (non-hydrogen) atoms. The molecular weight excluding hydrogens is 485 g/mol. The molecule has 1 aliphatic rings. The Morgan fingerprint density at radius 2 is 1.79 bits per heavy atom. The fourth-order valence-corrected chi connectivity index (χ4v) is 6.29. The normalized spacial score (nSPS) is 13.9. The third-order valence-electron chi connectivity index (χ3n) is 5.59. The fraction of sp³-hybridized carbons (Fsp3) is 0.261. The van der Waals surface area contributed by atoms with E-state index in [1.807, 2.05) is 19.9 Å². The van der Waals surface area contributed by atoms with Crippen LogP contribution >= 0.6 is 22.9 Å². The SMILES string of the molecule is Cc1cc(Cl)c(NC(=O)c2sccc2NS(=O)(=O)c2ccc(F)cc2)c(C)c1N1CCCC1. The zero-order chi connectivity index (χ0) is 23.8. The van der Waals surface area contributed by atoms with Gasteiger partial charge in [0, 0.05) is 18.8 Å². The Morgan fingerprint density at radius 1 is 1.12 bits per heavy atom. The summed E-state index contributed by atoms with van der Waals surface area (Å²) in [6.45, 7) is 5.84. The van der Waals surface area contributed by atoms with Crippen LogP contribution in [0.4, 0.5) is 21.5 Å². The van der Waals surface area contributed by atoms with E-state index in [2.05, 4.69) is 14.9 Å². The number of anilines is 3. The number of hydrogen-bond donors (Lipinski definition) is 2. The number of rotatable bonds is 6. The van der Waals surface area contributed by atoms with Crippen LogP contribution in [0.1, 0.15) is 33.6 Å². The second-order valence-electron chi connectivity index (χ2n) is 7.89. The highest BCUT2D eigenvalue weighted by Gasteiger charge is 2.24. The molecule has 1 amide bonds. The molecule has 3 aromatic rings. The van der Waals surface area contributed by atoms with Crippen molar-refractivity contribution in [1.82, 2.24) is 0 Å². The molecule has 1 aromatic heterocycles. The van der Waals surface area contributed by atoms with Crippen LogP contribution in [0.2, 0.25) is 5.02 Å². The summed E-state index contributed by atoms with van der Waals surface area (Å²) in [6.07, 6.45) is 2.24. The lowest BCUT2D eigenvalue weighted by atomic mass is 10.1. The molecule has 6 nitrogen and oxygen atoms in total. The molecule has 10 heteroatoms. The van der Waals surface area contributed by atoms with Gasteiger partial charge in [-0.3, -0.25) is 9.52 Å². The third-order valence-corrected chi connectivity index (χ3v) is 8.18. The lowest BCUT2D eigenvalue weighted by Crippen LogP contribution is -2.22. The number of nitrogens with zero attached hydrogens (tertiary/aromatic N) is 1. The Labute approximate surface area is 201 Å². The van der Waals surface area contributed by atoms with Gasteiger partial charge in [-0.2, -0.15) is 0 Å². The number of benzene rings is 2. The van der Waals surface area contributed by atoms with E-state index < -0.39 is 21.7 Å². The summed E-state index contributed by atoms with van der Waals surface area (Å²) in [7, 11) is -3.99. The molecule has 1 fully saturated rings. The van der Waals surface area contributed by atoms with Crippen molar-refractivity contribution < 1.29 is 17.6 Å². The summed E-state index contributed by atoms with van der Waals surface area (Å²) in [5.41, 5.74) is 3.63. The number of sulfonamides is 1. The van der Waals surface area contributed by atoms with Gasteiger partial charge in [-0.1, -0.05) is 11.6 Å². The van der Waals surface area contributed by atoms with Crippen molar-refractivity contribution in [2.24, 2.45) is 0 Å². The standard InChI is InChI=1S/C23H23ClFN3O3S2/c1-14-13-18(24)20(15(2)21(14)28-10-3-4-11-28)26-23(29)22-19(9-12-32-22)27-33(30,31)17-7-5-16(25)6-8-17/h5-9,12-13,27H,3-4,10-11H2,1-2H3,(H,26,29). The van der Waals surface area contributed by atoms with Gasteiger partial charge in [0.1, 0.15) is 10.7 Å². The smallest absolute Gasteiger partial charge is 0.267 e. The van der Waals surface area contributed by atoms with E-state index in [1.165, 1.54) is 18.2 Å². The van der Waals surface area contributed by atoms with E-state index >= 15 is 0 Å². The lowest BCUT2D eigenvalue weighted by molar-refractivity contribution is 0.103. The molecule has 1 aliphatic heterocycles. The molecule has 2 N–H and O–H groups in total. The maximum Gasteiger partial charge on any atom is 0.267 e. The molecule has 0 spiro atoms. The average Bonchev–Trinajstić information content (AvgIpc) is 3.43. The summed E-state index contributed by atoms with van der Waals surface area (Å²) in [5.74, 6) is -1.01. The van der Waals surface area contributed by atoms with Crippen LogP contribution in [0.3, 0.4) is 0 Å². The second-order valence-corrected chi connectivity index (χ2v) is 10.9. The highest BCUT2D eigenvalue weighted by Crippen LogP contribution is 2.38. The molecular formula is C23H23ClFN3O3S2. The van der Waals surface area contributed by atoms with Crippen LogP contribution in [0, 0.1) is 19.7 Å². The number of aryl methyl sites for hydroxylation is 1. The molecule has 0 bridgehead atoms. The first-order valence-electron chi connectivity index (χ1n) is 10.4. The quantitative estimate of drug-likeness (QED) is 0.441. The van der Waals surface area contributed by atoms with Gasteiger partial charge >= 0.3 is 0 Å². The minimum absolute atomic E-state index is 0.103. The van der Waals surface area contributed by atoms with Gasteiger partial charge in [0.25, 0.3) is 15.9 Å². The first kappa shape index (κ1) is 23.5. The van der Waals surface area contributed by atoms with Crippen LogP contribution < -0.4 is 14.9 Å². The maximum absolute atomic E-state index is 13.2. The topological polar surface area (TPSA) is 78.5 Å². The van der Waals surface area contributed by atoms with Crippen molar-refractivity contribution in [2.45, 2.75) is 31.6 Å². The fourth-order valence-electron chi connectivity index (χ4n) is 4.06. The van der Waals surface area contributed by atoms with Gasteiger partial charge in [0.05, 0.1) is 21.3 Å². The van der Waals surface area contributed by atoms with E-state index in [9.17, 15) is 17.6 Å². The van der Waals surface area contributed by atoms with Gasteiger partial charge in [-0.05, 0) is 79.6 Å². The van der Waals surface area contributed by atoms with Crippen molar-refractivity contribution in [3.8, 4) is 0 Å². The number of hydrogen-bond acceptors (Lipinski definition) is 5. The Bertz CT molecular complexity index is 1300. The van der Waals surface area contributed by atoms with Gasteiger partial charge in [0.2, 0.25) is 0 Å². The van der Waals surface area contributed by atoms with E-state index in [0.717, 1.165) is 66.2 Å². The maximum atomic E-state index is 13.2. The highest BCUT2D eigenvalue weighted by atomic mass is 35.5. The van der Waals surface area contributed by atoms with E-state index in [1.54, 1.807) is 5.38 Å². The van der Waals surface area contributed by atoms with Crippen molar-refractivity contribution in [2.75, 3.05) is 28.0 Å². The van der Waals surface area contributed by atoms with Crippen molar-refractivity contribution >= 4 is 55.9 Å². The average molecular weight is 508 g/mol. The predicted octanol–water partition coefficient (Wildman–Crippen LogP) is 5.81. The Kier molecular flexibility index (Phi) is 6.65. The molecule has 0 unspecified atom stereocenters. The molecule has 2 heterocycles. The molecule has 1 saturated heterocycles. The number of nitrogens with one attached hydrogen (secondary N) is 2. The van der Waals surface area contributed by atoms with Gasteiger partial charge in [0.15, 0.2) is 0 Å². The minimum atomic E-state index is -3.99. The van der Waals surface area contributed by atoms with Crippen LogP contribution in [0.5, 0.6) is 0 Å². The van der Waals surface area contributed by atoms with E-state index in [4.69, 9.17) is 11.6 Å². The number of halogens is 2. The number of carbonyl (C=O) groups is 1. The summed E-state index contributed by atoms with van der Waals surface area (Å²) in [5, 5.41) is 4.92. The molecule has 2 aromatic carbocycles. The van der Waals surface area contributed by atoms with Crippen LogP contribution in [0.25, 0.3) is 0 Å². The summed E-state index contributed by atoms with van der Waals surface area (Å²) in [6, 6.07) is 7.81. The van der Waals surface area contributed by atoms with Crippen molar-refractivity contribution in [3.05, 3.63) is 68.6 Å². The monoisotopic (exact) mass is 507 g/mol. The number of carbonyl (C=O) groups excluding carboxylic acids is 1. The third kappa shape index (κ3) is 4.85. The molecule has 0 aliphatic carbocycles.